The molecule has 0 aliphatic carbocycles. The van der Waals surface area contributed by atoms with Crippen LogP contribution in [0.3, 0.4) is 0 Å². The predicted molar refractivity (Wildman–Crippen MR) is 86.0 cm³/mol. The van der Waals surface area contributed by atoms with Gasteiger partial charge in [0.1, 0.15) is 11.5 Å². The van der Waals surface area contributed by atoms with Crippen LogP contribution >= 0.6 is 11.6 Å². The van der Waals surface area contributed by atoms with E-state index in [0.29, 0.717) is 10.8 Å². The highest BCUT2D eigenvalue weighted by Crippen LogP contribution is 2.36. The van der Waals surface area contributed by atoms with Crippen molar-refractivity contribution in [2.24, 2.45) is 7.05 Å². The summed E-state index contributed by atoms with van der Waals surface area (Å²) < 4.78 is 1.69. The number of hydrogen-bond donors (Lipinski definition) is 1. The maximum atomic E-state index is 6.20. The summed E-state index contributed by atoms with van der Waals surface area (Å²) in [6, 6.07) is 11.5. The van der Waals surface area contributed by atoms with Crippen molar-refractivity contribution in [2.75, 3.05) is 5.73 Å². The number of aryl methyl sites for hydroxylation is 2. The van der Waals surface area contributed by atoms with E-state index in [4.69, 9.17) is 17.3 Å². The fraction of sp³-hybridized carbons (Fsp3) is 0.125. The molecule has 2 N–H and O–H groups in total. The van der Waals surface area contributed by atoms with Crippen molar-refractivity contribution in [3.05, 3.63) is 53.3 Å². The van der Waals surface area contributed by atoms with Crippen LogP contribution in [0.1, 0.15) is 5.69 Å². The van der Waals surface area contributed by atoms with Crippen molar-refractivity contribution in [1.82, 2.24) is 14.8 Å². The first kappa shape index (κ1) is 13.6. The molecule has 0 atom stereocenters. The van der Waals surface area contributed by atoms with Gasteiger partial charge in [-0.1, -0.05) is 23.7 Å². The van der Waals surface area contributed by atoms with E-state index in [-0.39, 0.29) is 0 Å². The SMILES string of the molecule is Cc1cc(-c2nn(C)c(N)c2-c2ccc(Cl)cc2)ccn1. The lowest BCUT2D eigenvalue weighted by Gasteiger charge is -2.05. The third-order valence-electron chi connectivity index (χ3n) is 3.39. The number of aromatic nitrogens is 3. The van der Waals surface area contributed by atoms with Crippen LogP contribution in [-0.2, 0) is 7.05 Å². The Balaban J connectivity index is 2.23. The van der Waals surface area contributed by atoms with Crippen molar-refractivity contribution in [3.8, 4) is 22.4 Å². The molecule has 0 bridgehead atoms. The van der Waals surface area contributed by atoms with Gasteiger partial charge in [0.05, 0.1) is 5.56 Å². The number of anilines is 1. The molecule has 21 heavy (non-hydrogen) atoms. The number of hydrogen-bond acceptors (Lipinski definition) is 3. The highest BCUT2D eigenvalue weighted by atomic mass is 35.5. The number of benzene rings is 1. The lowest BCUT2D eigenvalue weighted by Crippen LogP contribution is -1.97. The number of rotatable bonds is 2. The monoisotopic (exact) mass is 298 g/mol. The van der Waals surface area contributed by atoms with Gasteiger partial charge in [0.2, 0.25) is 0 Å². The highest BCUT2D eigenvalue weighted by molar-refractivity contribution is 6.30. The average molecular weight is 299 g/mol. The minimum Gasteiger partial charge on any atom is -0.383 e. The molecule has 0 aliphatic rings. The predicted octanol–water partition coefficient (Wildman–Crippen LogP) is 3.69. The first-order valence-electron chi connectivity index (χ1n) is 6.57. The van der Waals surface area contributed by atoms with Gasteiger partial charge in [-0.15, -0.1) is 0 Å². The van der Waals surface area contributed by atoms with Crippen molar-refractivity contribution in [1.29, 1.82) is 0 Å². The molecule has 0 radical (unpaired) electrons. The van der Waals surface area contributed by atoms with Gasteiger partial charge in [-0.2, -0.15) is 5.10 Å². The molecule has 4 nitrogen and oxygen atoms in total. The van der Waals surface area contributed by atoms with Crippen LogP contribution in [0.2, 0.25) is 5.02 Å². The summed E-state index contributed by atoms with van der Waals surface area (Å²) in [5.74, 6) is 0.627. The summed E-state index contributed by atoms with van der Waals surface area (Å²) in [5.41, 5.74) is 10.9. The summed E-state index contributed by atoms with van der Waals surface area (Å²) in [4.78, 5) is 4.23. The van der Waals surface area contributed by atoms with Gasteiger partial charge in [-0.25, -0.2) is 0 Å². The minimum atomic E-state index is 0.627. The number of nitrogens with two attached hydrogens (primary N) is 1. The molecule has 0 spiro atoms. The molecule has 0 fully saturated rings. The number of nitrogen functional groups attached to an aromatic ring is 1. The fourth-order valence-corrected chi connectivity index (χ4v) is 2.46. The molecule has 0 saturated heterocycles. The Hall–Kier alpha value is -2.33. The molecule has 0 saturated carbocycles. The van der Waals surface area contributed by atoms with E-state index in [1.807, 2.05) is 50.4 Å². The molecule has 0 unspecified atom stereocenters. The Morgan fingerprint density at radius 3 is 2.48 bits per heavy atom. The zero-order chi connectivity index (χ0) is 15.0. The third kappa shape index (κ3) is 2.50. The first-order valence-corrected chi connectivity index (χ1v) is 6.95. The zero-order valence-electron chi connectivity index (χ0n) is 11.8. The van der Waals surface area contributed by atoms with Gasteiger partial charge in [-0.05, 0) is 36.8 Å². The lowest BCUT2D eigenvalue weighted by atomic mass is 10.0. The Kier molecular flexibility index (Phi) is 3.39. The number of nitrogens with zero attached hydrogens (tertiary/aromatic N) is 3. The van der Waals surface area contributed by atoms with E-state index in [1.165, 1.54) is 0 Å². The molecule has 2 aromatic heterocycles. The molecule has 3 aromatic rings. The third-order valence-corrected chi connectivity index (χ3v) is 3.65. The van der Waals surface area contributed by atoms with Gasteiger partial charge in [0.15, 0.2) is 0 Å². The molecule has 1 aromatic carbocycles. The molecular formula is C16H15ClN4. The van der Waals surface area contributed by atoms with Gasteiger partial charge in [0.25, 0.3) is 0 Å². The zero-order valence-corrected chi connectivity index (χ0v) is 12.6. The second-order valence-corrected chi connectivity index (χ2v) is 5.36. The van der Waals surface area contributed by atoms with Crippen molar-refractivity contribution >= 4 is 17.4 Å². The van der Waals surface area contributed by atoms with E-state index in [9.17, 15) is 0 Å². The molecule has 0 aliphatic heterocycles. The van der Waals surface area contributed by atoms with Crippen molar-refractivity contribution < 1.29 is 0 Å². The van der Waals surface area contributed by atoms with Gasteiger partial charge in [-0.3, -0.25) is 9.67 Å². The summed E-state index contributed by atoms with van der Waals surface area (Å²) in [5, 5.41) is 5.25. The maximum absolute atomic E-state index is 6.20. The lowest BCUT2D eigenvalue weighted by molar-refractivity contribution is 0.782. The highest BCUT2D eigenvalue weighted by Gasteiger charge is 2.17. The van der Waals surface area contributed by atoms with Crippen LogP contribution in [0.15, 0.2) is 42.6 Å². The standard InChI is InChI=1S/C16H15ClN4/c1-10-9-12(7-8-19-10)15-14(16(18)21(2)20-15)11-3-5-13(17)6-4-11/h3-9H,18H2,1-2H3. The van der Waals surface area contributed by atoms with Crippen LogP contribution in [0.4, 0.5) is 5.82 Å². The average Bonchev–Trinajstić information content (AvgIpc) is 2.76. The fourth-order valence-electron chi connectivity index (χ4n) is 2.33. The van der Waals surface area contributed by atoms with E-state index in [2.05, 4.69) is 10.1 Å². The second-order valence-electron chi connectivity index (χ2n) is 4.93. The topological polar surface area (TPSA) is 56.7 Å². The summed E-state index contributed by atoms with van der Waals surface area (Å²) in [6.07, 6.45) is 1.78. The Labute approximate surface area is 128 Å². The summed E-state index contributed by atoms with van der Waals surface area (Å²) in [7, 11) is 1.84. The Morgan fingerprint density at radius 2 is 1.81 bits per heavy atom. The second kappa shape index (κ2) is 5.22. The van der Waals surface area contributed by atoms with Gasteiger partial charge in [0, 0.05) is 29.5 Å². The minimum absolute atomic E-state index is 0.627. The molecule has 5 heteroatoms. The molecule has 2 heterocycles. The molecule has 0 amide bonds. The summed E-state index contributed by atoms with van der Waals surface area (Å²) >= 11 is 5.96. The molecular weight excluding hydrogens is 284 g/mol. The Morgan fingerprint density at radius 1 is 1.10 bits per heavy atom. The van der Waals surface area contributed by atoms with Gasteiger partial charge >= 0.3 is 0 Å². The first-order chi connectivity index (χ1) is 10.1. The van der Waals surface area contributed by atoms with E-state index in [0.717, 1.165) is 28.1 Å². The number of halogens is 1. The molecule has 106 valence electrons. The Bertz CT molecular complexity index is 791. The molecule has 3 rings (SSSR count). The quantitative estimate of drug-likeness (QED) is 0.785. The van der Waals surface area contributed by atoms with E-state index >= 15 is 0 Å². The van der Waals surface area contributed by atoms with Crippen LogP contribution < -0.4 is 5.73 Å². The van der Waals surface area contributed by atoms with E-state index < -0.39 is 0 Å². The van der Waals surface area contributed by atoms with Crippen LogP contribution in [0.25, 0.3) is 22.4 Å². The van der Waals surface area contributed by atoms with Crippen LogP contribution in [0.5, 0.6) is 0 Å². The summed E-state index contributed by atoms with van der Waals surface area (Å²) in [6.45, 7) is 1.96. The largest absolute Gasteiger partial charge is 0.383 e. The van der Waals surface area contributed by atoms with Crippen LogP contribution in [-0.4, -0.2) is 14.8 Å². The van der Waals surface area contributed by atoms with Crippen LogP contribution in [0, 0.1) is 6.92 Å². The van der Waals surface area contributed by atoms with Gasteiger partial charge < -0.3 is 5.73 Å². The van der Waals surface area contributed by atoms with Crippen molar-refractivity contribution in [3.63, 3.8) is 0 Å². The smallest absolute Gasteiger partial charge is 0.129 e. The van der Waals surface area contributed by atoms with E-state index in [1.54, 1.807) is 10.9 Å². The van der Waals surface area contributed by atoms with Crippen molar-refractivity contribution in [2.45, 2.75) is 6.92 Å². The maximum Gasteiger partial charge on any atom is 0.129 e. The number of pyridine rings is 1. The normalized spacial score (nSPS) is 10.8.